The van der Waals surface area contributed by atoms with Crippen molar-refractivity contribution in [2.24, 2.45) is 0 Å². The second kappa shape index (κ2) is 7.49. The van der Waals surface area contributed by atoms with Gasteiger partial charge in [-0.05, 0) is 33.8 Å². The molecule has 0 rings (SSSR count). The Bertz CT molecular complexity index is 317. The minimum absolute atomic E-state index is 0.140. The van der Waals surface area contributed by atoms with Crippen LogP contribution in [0.2, 0.25) is 0 Å². The Balaban J connectivity index is 5.42. The smallest absolute Gasteiger partial charge is 0.423 e. The molecular formula is C12H19F3O4. The monoisotopic (exact) mass is 284 g/mol. The van der Waals surface area contributed by atoms with E-state index in [0.717, 1.165) is 0 Å². The molecule has 0 aromatic rings. The second-order valence-corrected chi connectivity index (χ2v) is 3.66. The summed E-state index contributed by atoms with van der Waals surface area (Å²) in [6.07, 6.45) is -4.22. The van der Waals surface area contributed by atoms with Gasteiger partial charge in [0.05, 0.1) is 6.61 Å². The van der Waals surface area contributed by atoms with Gasteiger partial charge in [0.2, 0.25) is 0 Å². The van der Waals surface area contributed by atoms with Gasteiger partial charge in [-0.25, -0.2) is 4.79 Å². The molecule has 0 spiro atoms. The Morgan fingerprint density at radius 2 is 1.53 bits per heavy atom. The van der Waals surface area contributed by atoms with Crippen molar-refractivity contribution in [3.63, 3.8) is 0 Å². The molecule has 0 heterocycles. The van der Waals surface area contributed by atoms with E-state index in [1.54, 1.807) is 13.8 Å². The van der Waals surface area contributed by atoms with Crippen LogP contribution in [0.1, 0.15) is 27.7 Å². The molecule has 0 amide bonds. The first-order valence-electron chi connectivity index (χ1n) is 5.95. The molecule has 0 aromatic heterocycles. The van der Waals surface area contributed by atoms with E-state index >= 15 is 0 Å². The van der Waals surface area contributed by atoms with Crippen LogP contribution < -0.4 is 0 Å². The predicted molar refractivity (Wildman–Crippen MR) is 62.4 cm³/mol. The lowest BCUT2D eigenvalue weighted by molar-refractivity contribution is -0.191. The minimum atomic E-state index is -4.83. The molecule has 0 aromatic carbocycles. The molecule has 0 fully saturated rings. The predicted octanol–water partition coefficient (Wildman–Crippen LogP) is 2.83. The Labute approximate surface area is 110 Å². The fourth-order valence-corrected chi connectivity index (χ4v) is 1.43. The van der Waals surface area contributed by atoms with E-state index in [1.165, 1.54) is 13.8 Å². The molecule has 0 atom stereocenters. The number of alkyl halides is 3. The first-order valence-corrected chi connectivity index (χ1v) is 5.95. The van der Waals surface area contributed by atoms with E-state index in [2.05, 4.69) is 4.74 Å². The summed E-state index contributed by atoms with van der Waals surface area (Å²) in [4.78, 5) is 11.4. The molecule has 4 nitrogen and oxygen atoms in total. The number of esters is 1. The molecule has 0 bridgehead atoms. The van der Waals surface area contributed by atoms with Crippen LogP contribution in [-0.4, -0.2) is 37.8 Å². The average molecular weight is 284 g/mol. The third-order valence-corrected chi connectivity index (χ3v) is 2.07. The van der Waals surface area contributed by atoms with Crippen molar-refractivity contribution in [1.82, 2.24) is 0 Å². The van der Waals surface area contributed by atoms with Gasteiger partial charge < -0.3 is 14.2 Å². The fourth-order valence-electron chi connectivity index (χ4n) is 1.43. The van der Waals surface area contributed by atoms with E-state index in [0.29, 0.717) is 6.08 Å². The maximum absolute atomic E-state index is 12.8. The zero-order valence-corrected chi connectivity index (χ0v) is 11.5. The number of hydrogen-bond donors (Lipinski definition) is 0. The van der Waals surface area contributed by atoms with Gasteiger partial charge >= 0.3 is 12.1 Å². The van der Waals surface area contributed by atoms with Gasteiger partial charge in [0, 0.05) is 13.2 Å². The molecule has 0 saturated carbocycles. The van der Waals surface area contributed by atoms with Crippen LogP contribution in [0.25, 0.3) is 0 Å². The van der Waals surface area contributed by atoms with E-state index in [-0.39, 0.29) is 19.8 Å². The first-order chi connectivity index (χ1) is 8.70. The molecule has 0 saturated heterocycles. The molecule has 7 heteroatoms. The van der Waals surface area contributed by atoms with Crippen LogP contribution in [0.15, 0.2) is 11.6 Å². The van der Waals surface area contributed by atoms with Gasteiger partial charge in [-0.1, -0.05) is 0 Å². The minimum Gasteiger partial charge on any atom is -0.462 e. The number of carbonyl (C=O) groups excluding carboxylic acids is 1. The standard InChI is InChI=1S/C12H19F3O4/c1-5-17-10(16)9(12(13,14)15)8-11(4,18-6-2)19-7-3/h8H,5-7H2,1-4H3. The fraction of sp³-hybridized carbons (Fsp3) is 0.750. The highest BCUT2D eigenvalue weighted by molar-refractivity contribution is 5.90. The Morgan fingerprint density at radius 1 is 1.05 bits per heavy atom. The van der Waals surface area contributed by atoms with E-state index in [1.807, 2.05) is 0 Å². The molecule has 112 valence electrons. The van der Waals surface area contributed by atoms with Crippen molar-refractivity contribution in [3.8, 4) is 0 Å². The van der Waals surface area contributed by atoms with Crippen LogP contribution in [-0.2, 0) is 19.0 Å². The normalized spacial score (nSPS) is 13.5. The number of ether oxygens (including phenoxy) is 3. The number of carbonyl (C=O) groups is 1. The topological polar surface area (TPSA) is 44.8 Å². The summed E-state index contributed by atoms with van der Waals surface area (Å²) in [5.41, 5.74) is -1.43. The molecule has 0 aliphatic carbocycles. The van der Waals surface area contributed by atoms with Crippen molar-refractivity contribution in [1.29, 1.82) is 0 Å². The first kappa shape index (κ1) is 17.9. The van der Waals surface area contributed by atoms with Crippen LogP contribution in [0.5, 0.6) is 0 Å². The summed E-state index contributed by atoms with van der Waals surface area (Å²) in [7, 11) is 0. The SMILES string of the molecule is CCOC(=O)C(=CC(C)(OCC)OCC)C(F)(F)F. The van der Waals surface area contributed by atoms with Crippen molar-refractivity contribution in [2.75, 3.05) is 19.8 Å². The summed E-state index contributed by atoms with van der Waals surface area (Å²) >= 11 is 0. The number of hydrogen-bond acceptors (Lipinski definition) is 4. The molecule has 19 heavy (non-hydrogen) atoms. The summed E-state index contributed by atoms with van der Waals surface area (Å²) in [6, 6.07) is 0. The van der Waals surface area contributed by atoms with Crippen molar-refractivity contribution >= 4 is 5.97 Å². The van der Waals surface area contributed by atoms with Gasteiger partial charge in [0.25, 0.3) is 0 Å². The molecule has 0 unspecified atom stereocenters. The number of halogens is 3. The van der Waals surface area contributed by atoms with Crippen molar-refractivity contribution in [3.05, 3.63) is 11.6 Å². The zero-order valence-electron chi connectivity index (χ0n) is 11.5. The van der Waals surface area contributed by atoms with Gasteiger partial charge in [0.1, 0.15) is 5.57 Å². The van der Waals surface area contributed by atoms with Crippen molar-refractivity contribution in [2.45, 2.75) is 39.7 Å². The van der Waals surface area contributed by atoms with Crippen molar-refractivity contribution < 1.29 is 32.2 Å². The maximum Gasteiger partial charge on any atom is 0.423 e. The van der Waals surface area contributed by atoms with Crippen LogP contribution in [0.4, 0.5) is 13.2 Å². The van der Waals surface area contributed by atoms with E-state index in [4.69, 9.17) is 9.47 Å². The quantitative estimate of drug-likeness (QED) is 0.410. The molecular weight excluding hydrogens is 265 g/mol. The highest BCUT2D eigenvalue weighted by Gasteiger charge is 2.42. The molecule has 0 radical (unpaired) electrons. The number of rotatable bonds is 7. The lowest BCUT2D eigenvalue weighted by Crippen LogP contribution is -2.34. The summed E-state index contributed by atoms with van der Waals surface area (Å²) in [6.45, 7) is 6.10. The van der Waals surface area contributed by atoms with Crippen LogP contribution in [0.3, 0.4) is 0 Å². The third-order valence-electron chi connectivity index (χ3n) is 2.07. The Hall–Kier alpha value is -1.08. The molecule has 0 aliphatic rings. The van der Waals surface area contributed by atoms with Gasteiger partial charge in [0.15, 0.2) is 5.79 Å². The van der Waals surface area contributed by atoms with Crippen LogP contribution in [0, 0.1) is 0 Å². The van der Waals surface area contributed by atoms with E-state index < -0.39 is 23.5 Å². The Kier molecular flexibility index (Phi) is 7.07. The van der Waals surface area contributed by atoms with Gasteiger partial charge in [-0.15, -0.1) is 0 Å². The summed E-state index contributed by atoms with van der Waals surface area (Å²) in [5, 5.41) is 0. The second-order valence-electron chi connectivity index (χ2n) is 3.66. The molecule has 0 aliphatic heterocycles. The zero-order chi connectivity index (χ0) is 15.1. The highest BCUT2D eigenvalue weighted by atomic mass is 19.4. The summed E-state index contributed by atoms with van der Waals surface area (Å²) < 4.78 is 53.1. The third kappa shape index (κ3) is 6.07. The largest absolute Gasteiger partial charge is 0.462 e. The van der Waals surface area contributed by atoms with Gasteiger partial charge in [-0.2, -0.15) is 13.2 Å². The van der Waals surface area contributed by atoms with Gasteiger partial charge in [-0.3, -0.25) is 0 Å². The molecule has 0 N–H and O–H groups in total. The van der Waals surface area contributed by atoms with Crippen LogP contribution >= 0.6 is 0 Å². The lowest BCUT2D eigenvalue weighted by atomic mass is 10.1. The van der Waals surface area contributed by atoms with E-state index in [9.17, 15) is 18.0 Å². The lowest BCUT2D eigenvalue weighted by Gasteiger charge is -2.27. The average Bonchev–Trinajstić information content (AvgIpc) is 2.25. The Morgan fingerprint density at radius 3 is 1.84 bits per heavy atom. The summed E-state index contributed by atoms with van der Waals surface area (Å²) in [5.74, 6) is -3.07. The highest BCUT2D eigenvalue weighted by Crippen LogP contribution is 2.30. The maximum atomic E-state index is 12.8.